The molecular formula is C18H33NO2. The Morgan fingerprint density at radius 1 is 1.10 bits per heavy atom. The average Bonchev–Trinajstić information content (AvgIpc) is 2.43. The molecule has 3 nitrogen and oxygen atoms in total. The molecule has 3 rings (SSSR count). The normalized spacial score (nSPS) is 40.1. The summed E-state index contributed by atoms with van der Waals surface area (Å²) in [5, 5.41) is 14.6. The van der Waals surface area contributed by atoms with Crippen molar-refractivity contribution in [3.05, 3.63) is 0 Å². The summed E-state index contributed by atoms with van der Waals surface area (Å²) in [5.74, 6) is 0.650. The van der Waals surface area contributed by atoms with Gasteiger partial charge in [0.15, 0.2) is 0 Å². The van der Waals surface area contributed by atoms with E-state index >= 15 is 0 Å². The summed E-state index contributed by atoms with van der Waals surface area (Å²) in [7, 11) is 0. The van der Waals surface area contributed by atoms with Gasteiger partial charge in [0, 0.05) is 30.5 Å². The average molecular weight is 295 g/mol. The molecule has 0 aromatic rings. The molecule has 122 valence electrons. The molecule has 2 aliphatic carbocycles. The Morgan fingerprint density at radius 2 is 1.76 bits per heavy atom. The molecule has 0 bridgehead atoms. The van der Waals surface area contributed by atoms with Crippen LogP contribution in [0.3, 0.4) is 0 Å². The lowest BCUT2D eigenvalue weighted by atomic mass is 9.55. The monoisotopic (exact) mass is 295 g/mol. The highest BCUT2D eigenvalue weighted by molar-refractivity contribution is 5.10. The van der Waals surface area contributed by atoms with Gasteiger partial charge in [-0.05, 0) is 43.9 Å². The molecule has 3 unspecified atom stereocenters. The van der Waals surface area contributed by atoms with Crippen LogP contribution in [-0.4, -0.2) is 36.0 Å². The topological polar surface area (TPSA) is 41.5 Å². The largest absolute Gasteiger partial charge is 0.389 e. The van der Waals surface area contributed by atoms with E-state index < -0.39 is 5.60 Å². The first-order chi connectivity index (χ1) is 9.74. The van der Waals surface area contributed by atoms with E-state index in [1.807, 2.05) is 0 Å². The lowest BCUT2D eigenvalue weighted by molar-refractivity contribution is -0.195. The van der Waals surface area contributed by atoms with Crippen LogP contribution in [0.15, 0.2) is 0 Å². The van der Waals surface area contributed by atoms with Gasteiger partial charge in [-0.3, -0.25) is 0 Å². The van der Waals surface area contributed by atoms with Crippen molar-refractivity contribution in [3.63, 3.8) is 0 Å². The summed E-state index contributed by atoms with van der Waals surface area (Å²) in [6, 6.07) is 0.502. The Morgan fingerprint density at radius 3 is 2.43 bits per heavy atom. The smallest absolute Gasteiger partial charge is 0.0772 e. The molecule has 2 N–H and O–H groups in total. The van der Waals surface area contributed by atoms with Crippen molar-refractivity contribution in [2.24, 2.45) is 16.7 Å². The molecule has 0 aromatic heterocycles. The van der Waals surface area contributed by atoms with E-state index in [1.54, 1.807) is 0 Å². The van der Waals surface area contributed by atoms with Crippen molar-refractivity contribution in [2.75, 3.05) is 13.2 Å². The molecule has 0 spiro atoms. The third-order valence-corrected chi connectivity index (χ3v) is 6.52. The van der Waals surface area contributed by atoms with Crippen molar-refractivity contribution in [1.29, 1.82) is 0 Å². The van der Waals surface area contributed by atoms with Crippen LogP contribution in [0.4, 0.5) is 0 Å². The number of fused-ring (bicyclic) bond motifs is 1. The van der Waals surface area contributed by atoms with Gasteiger partial charge in [-0.1, -0.05) is 27.7 Å². The minimum absolute atomic E-state index is 0.204. The maximum absolute atomic E-state index is 10.8. The fourth-order valence-corrected chi connectivity index (χ4v) is 4.81. The fourth-order valence-electron chi connectivity index (χ4n) is 4.81. The van der Waals surface area contributed by atoms with Gasteiger partial charge < -0.3 is 15.2 Å². The van der Waals surface area contributed by atoms with Crippen molar-refractivity contribution >= 4 is 0 Å². The molecule has 0 radical (unpaired) electrons. The molecule has 21 heavy (non-hydrogen) atoms. The Hall–Kier alpha value is -0.120. The van der Waals surface area contributed by atoms with E-state index in [2.05, 4.69) is 33.0 Å². The molecular weight excluding hydrogens is 262 g/mol. The van der Waals surface area contributed by atoms with Crippen molar-refractivity contribution < 1.29 is 9.84 Å². The molecule has 3 aliphatic rings. The third-order valence-electron chi connectivity index (χ3n) is 6.52. The molecule has 1 saturated heterocycles. The molecule has 3 heteroatoms. The van der Waals surface area contributed by atoms with E-state index in [-0.39, 0.29) is 5.41 Å². The third kappa shape index (κ3) is 2.89. The van der Waals surface area contributed by atoms with Crippen molar-refractivity contribution in [3.8, 4) is 0 Å². The number of nitrogens with one attached hydrogen (secondary N) is 1. The minimum Gasteiger partial charge on any atom is -0.389 e. The van der Waals surface area contributed by atoms with Crippen molar-refractivity contribution in [2.45, 2.75) is 84.0 Å². The second kappa shape index (κ2) is 5.21. The van der Waals surface area contributed by atoms with Gasteiger partial charge in [0.25, 0.3) is 0 Å². The highest BCUT2D eigenvalue weighted by Crippen LogP contribution is 2.51. The van der Waals surface area contributed by atoms with E-state index in [0.717, 1.165) is 38.8 Å². The van der Waals surface area contributed by atoms with Crippen LogP contribution >= 0.6 is 0 Å². The first-order valence-corrected chi connectivity index (χ1v) is 8.81. The van der Waals surface area contributed by atoms with Crippen LogP contribution in [0.1, 0.15) is 66.2 Å². The van der Waals surface area contributed by atoms with Gasteiger partial charge in [0.05, 0.1) is 11.7 Å². The predicted molar refractivity (Wildman–Crippen MR) is 85.2 cm³/mol. The summed E-state index contributed by atoms with van der Waals surface area (Å²) < 4.78 is 5.96. The minimum atomic E-state index is -0.494. The summed E-state index contributed by atoms with van der Waals surface area (Å²) in [5.41, 5.74) is 0.117. The highest BCUT2D eigenvalue weighted by atomic mass is 16.5. The standard InChI is InChI=1S/C18H33NO2/c1-16(2)7-9-18(20,10-8-16)12-19-14-13-6-5-11-21-15(13)17(14,3)4/h13-15,19-20H,5-12H2,1-4H3. The van der Waals surface area contributed by atoms with Gasteiger partial charge in [-0.25, -0.2) is 0 Å². The number of aliphatic hydroxyl groups is 1. The summed E-state index contributed by atoms with van der Waals surface area (Å²) in [4.78, 5) is 0. The zero-order valence-corrected chi connectivity index (χ0v) is 14.2. The molecule has 1 heterocycles. The first kappa shape index (κ1) is 15.8. The zero-order valence-electron chi connectivity index (χ0n) is 14.2. The predicted octanol–water partition coefficient (Wildman–Crippen LogP) is 3.11. The summed E-state index contributed by atoms with van der Waals surface area (Å²) in [6.45, 7) is 10.9. The second-order valence-electron chi connectivity index (χ2n) is 9.17. The Labute approximate surface area is 129 Å². The number of ether oxygens (including phenoxy) is 1. The lowest BCUT2D eigenvalue weighted by Gasteiger charge is -2.60. The number of rotatable bonds is 3. The quantitative estimate of drug-likeness (QED) is 0.840. The molecule has 0 amide bonds. The SMILES string of the molecule is CC1(C)CCC(O)(CNC2C3CCCOC3C2(C)C)CC1. The lowest BCUT2D eigenvalue weighted by Crippen LogP contribution is -2.70. The van der Waals surface area contributed by atoms with Gasteiger partial charge in [-0.15, -0.1) is 0 Å². The molecule has 2 saturated carbocycles. The van der Waals surface area contributed by atoms with E-state index in [4.69, 9.17) is 4.74 Å². The number of hydrogen-bond acceptors (Lipinski definition) is 3. The summed E-state index contributed by atoms with van der Waals surface area (Å²) >= 11 is 0. The van der Waals surface area contributed by atoms with Gasteiger partial charge in [0.1, 0.15) is 0 Å². The van der Waals surface area contributed by atoms with E-state index in [9.17, 15) is 5.11 Å². The van der Waals surface area contributed by atoms with Gasteiger partial charge >= 0.3 is 0 Å². The maximum atomic E-state index is 10.8. The van der Waals surface area contributed by atoms with Crippen molar-refractivity contribution in [1.82, 2.24) is 5.32 Å². The highest BCUT2D eigenvalue weighted by Gasteiger charge is 2.58. The fraction of sp³-hybridized carbons (Fsp3) is 1.00. The van der Waals surface area contributed by atoms with Crippen LogP contribution in [0.25, 0.3) is 0 Å². The maximum Gasteiger partial charge on any atom is 0.0772 e. The number of hydrogen-bond donors (Lipinski definition) is 2. The van der Waals surface area contributed by atoms with Crippen LogP contribution in [0, 0.1) is 16.7 Å². The molecule has 3 atom stereocenters. The molecule has 0 aromatic carbocycles. The van der Waals surface area contributed by atoms with Crippen LogP contribution in [0.5, 0.6) is 0 Å². The Balaban J connectivity index is 1.55. The van der Waals surface area contributed by atoms with E-state index in [0.29, 0.717) is 23.5 Å². The molecule has 3 fully saturated rings. The second-order valence-corrected chi connectivity index (χ2v) is 9.17. The van der Waals surface area contributed by atoms with Crippen LogP contribution < -0.4 is 5.32 Å². The van der Waals surface area contributed by atoms with Crippen LogP contribution in [-0.2, 0) is 4.74 Å². The van der Waals surface area contributed by atoms with Gasteiger partial charge in [-0.2, -0.15) is 0 Å². The Bertz CT molecular complexity index is 381. The van der Waals surface area contributed by atoms with Crippen LogP contribution in [0.2, 0.25) is 0 Å². The summed E-state index contributed by atoms with van der Waals surface area (Å²) in [6.07, 6.45) is 7.02. The first-order valence-electron chi connectivity index (χ1n) is 8.81. The zero-order chi connectivity index (χ0) is 15.3. The van der Waals surface area contributed by atoms with Gasteiger partial charge in [0.2, 0.25) is 0 Å². The van der Waals surface area contributed by atoms with E-state index in [1.165, 1.54) is 12.8 Å². The molecule has 1 aliphatic heterocycles. The Kier molecular flexibility index (Phi) is 3.91.